The molecule has 6 rings (SSSR count). The van der Waals surface area contributed by atoms with Gasteiger partial charge in [0.15, 0.2) is 12.0 Å². The normalized spacial score (nSPS) is 12.2. The summed E-state index contributed by atoms with van der Waals surface area (Å²) in [7, 11) is -3.40. The first kappa shape index (κ1) is 29.0. The van der Waals surface area contributed by atoms with E-state index in [0.717, 1.165) is 22.9 Å². The summed E-state index contributed by atoms with van der Waals surface area (Å²) in [6.07, 6.45) is 7.67. The smallest absolute Gasteiger partial charge is 0.229 e. The van der Waals surface area contributed by atoms with Gasteiger partial charge >= 0.3 is 0 Å². The fourth-order valence-electron chi connectivity index (χ4n) is 4.95. The van der Waals surface area contributed by atoms with Crippen molar-refractivity contribution in [3.63, 3.8) is 0 Å². The molecule has 3 aromatic heterocycles. The first-order valence-corrected chi connectivity index (χ1v) is 15.5. The van der Waals surface area contributed by atoms with Gasteiger partial charge in [0.2, 0.25) is 15.7 Å². The number of rotatable bonds is 9. The van der Waals surface area contributed by atoms with Crippen molar-refractivity contribution in [1.29, 1.82) is 0 Å². The minimum atomic E-state index is -3.40. The van der Waals surface area contributed by atoms with Gasteiger partial charge in [-0.05, 0) is 51.9 Å². The predicted octanol–water partition coefficient (Wildman–Crippen LogP) is 4.82. The monoisotopic (exact) mass is 630 g/mol. The van der Waals surface area contributed by atoms with Crippen molar-refractivity contribution in [2.24, 2.45) is 0 Å². The number of nitrogens with one attached hydrogen (secondary N) is 1. The maximum atomic E-state index is 15.4. The molecule has 0 amide bonds. The molecule has 11 nitrogen and oxygen atoms in total. The predicted molar refractivity (Wildman–Crippen MR) is 163 cm³/mol. The van der Waals surface area contributed by atoms with E-state index in [9.17, 15) is 13.6 Å². The third kappa shape index (κ3) is 6.14. The van der Waals surface area contributed by atoms with Crippen molar-refractivity contribution >= 4 is 27.3 Å². The fourth-order valence-corrected chi connectivity index (χ4v) is 5.67. The number of sulfonamides is 1. The summed E-state index contributed by atoms with van der Waals surface area (Å²) >= 11 is 6.12. The summed E-state index contributed by atoms with van der Waals surface area (Å²) < 4.78 is 44.7. The molecule has 3 heterocycles. The average Bonchev–Trinajstić information content (AvgIpc) is 3.71. The molecule has 0 spiro atoms. The molecule has 1 N–H and O–H groups in total. The van der Waals surface area contributed by atoms with E-state index < -0.39 is 21.9 Å². The van der Waals surface area contributed by atoms with Crippen LogP contribution in [0.1, 0.15) is 17.3 Å². The first-order valence-electron chi connectivity index (χ1n) is 13.3. The highest BCUT2D eigenvalue weighted by atomic mass is 35.5. The first-order chi connectivity index (χ1) is 21.2. The molecule has 6 aromatic rings. The number of halogens is 2. The van der Waals surface area contributed by atoms with E-state index in [-0.39, 0.29) is 16.1 Å². The molecule has 0 aliphatic carbocycles. The number of pyridine rings is 1. The van der Waals surface area contributed by atoms with Crippen molar-refractivity contribution in [1.82, 2.24) is 30.0 Å². The van der Waals surface area contributed by atoms with Crippen molar-refractivity contribution < 1.29 is 17.5 Å². The quantitative estimate of drug-likeness (QED) is 0.179. The summed E-state index contributed by atoms with van der Waals surface area (Å²) in [5.41, 5.74) is 4.08. The molecule has 1 unspecified atom stereocenters. The summed E-state index contributed by atoms with van der Waals surface area (Å²) in [4.78, 5) is 0. The van der Waals surface area contributed by atoms with Crippen LogP contribution in [-0.4, -0.2) is 44.7 Å². The van der Waals surface area contributed by atoms with Crippen LogP contribution in [0.25, 0.3) is 27.9 Å². The zero-order valence-corrected chi connectivity index (χ0v) is 24.7. The van der Waals surface area contributed by atoms with Crippen LogP contribution in [0.15, 0.2) is 104 Å². The molecule has 1 atom stereocenters. The molecule has 0 fully saturated rings. The van der Waals surface area contributed by atoms with Crippen LogP contribution in [0, 0.1) is 11.0 Å². The zero-order chi connectivity index (χ0) is 30.8. The summed E-state index contributed by atoms with van der Waals surface area (Å²) in [5.74, 6) is -0.706. The Kier molecular flexibility index (Phi) is 7.80. The second-order valence-corrected chi connectivity index (χ2v) is 12.2. The maximum Gasteiger partial charge on any atom is 0.229 e. The molecular weight excluding hydrogens is 607 g/mol. The van der Waals surface area contributed by atoms with Gasteiger partial charge in [-0.1, -0.05) is 54.1 Å². The molecule has 3 aromatic carbocycles. The van der Waals surface area contributed by atoms with Gasteiger partial charge in [-0.15, -0.1) is 5.10 Å². The van der Waals surface area contributed by atoms with Crippen LogP contribution < -0.4 is 9.45 Å². The van der Waals surface area contributed by atoms with E-state index in [1.807, 2.05) is 36.5 Å². The average molecular weight is 631 g/mol. The van der Waals surface area contributed by atoms with E-state index >= 15 is 4.39 Å². The highest BCUT2D eigenvalue weighted by Gasteiger charge is 2.26. The van der Waals surface area contributed by atoms with Crippen LogP contribution in [0.3, 0.4) is 0 Å². The van der Waals surface area contributed by atoms with Crippen molar-refractivity contribution in [3.05, 3.63) is 131 Å². The molecular formula is C30H24ClFN8O3S. The summed E-state index contributed by atoms with van der Waals surface area (Å²) in [5, 5.41) is 29.3. The van der Waals surface area contributed by atoms with Crippen LogP contribution >= 0.6 is 11.6 Å². The lowest BCUT2D eigenvalue weighted by atomic mass is 10.00. The third-order valence-electron chi connectivity index (χ3n) is 6.96. The van der Waals surface area contributed by atoms with Crippen molar-refractivity contribution in [2.45, 2.75) is 12.5 Å². The van der Waals surface area contributed by atoms with E-state index in [1.165, 1.54) is 23.3 Å². The minimum Gasteiger partial charge on any atom is -0.618 e. The summed E-state index contributed by atoms with van der Waals surface area (Å²) in [6, 6.07) is 22.3. The Morgan fingerprint density at radius 2 is 1.75 bits per heavy atom. The molecule has 0 aliphatic heterocycles. The Hall–Kier alpha value is -5.14. The lowest BCUT2D eigenvalue weighted by Crippen LogP contribution is -2.36. The van der Waals surface area contributed by atoms with Gasteiger partial charge in [0.25, 0.3) is 0 Å². The van der Waals surface area contributed by atoms with Gasteiger partial charge in [0.05, 0.1) is 34.3 Å². The van der Waals surface area contributed by atoms with Crippen LogP contribution in [0.5, 0.6) is 0 Å². The minimum absolute atomic E-state index is 0.0794. The molecule has 14 heteroatoms. The van der Waals surface area contributed by atoms with Crippen LogP contribution in [-0.2, 0) is 16.4 Å². The molecule has 0 bridgehead atoms. The zero-order valence-electron chi connectivity index (χ0n) is 23.1. The number of nitrogens with zero attached hydrogens (tertiary/aromatic N) is 7. The standard InChI is InChI=1S/C30H24ClFN8O3S/c1-44(42,43)35-24-10-7-21(8-11-24)23-16-34-38(17-23)28(15-20-5-3-2-4-6-20)26-13-9-22(18-40(26)41)29-27(39-19-33-36-37-39)14-12-25(31)30(29)32/h2-14,16-19,28,35H,15H2,1H3. The second-order valence-electron chi connectivity index (χ2n) is 10.0. The van der Waals surface area contributed by atoms with Gasteiger partial charge in [-0.25, -0.2) is 12.8 Å². The molecule has 222 valence electrons. The van der Waals surface area contributed by atoms with Crippen molar-refractivity contribution in [3.8, 4) is 27.9 Å². The molecule has 0 saturated carbocycles. The number of hydrogen-bond donors (Lipinski definition) is 1. The Morgan fingerprint density at radius 1 is 1.00 bits per heavy atom. The van der Waals surface area contributed by atoms with E-state index in [1.54, 1.807) is 53.3 Å². The lowest BCUT2D eigenvalue weighted by Gasteiger charge is -2.18. The topological polar surface area (TPSA) is 135 Å². The maximum absolute atomic E-state index is 15.4. The highest BCUT2D eigenvalue weighted by molar-refractivity contribution is 7.92. The summed E-state index contributed by atoms with van der Waals surface area (Å²) in [6.45, 7) is 0. The second kappa shape index (κ2) is 11.9. The van der Waals surface area contributed by atoms with E-state index in [2.05, 4.69) is 25.3 Å². The third-order valence-corrected chi connectivity index (χ3v) is 7.86. The van der Waals surface area contributed by atoms with Crippen molar-refractivity contribution in [2.75, 3.05) is 11.0 Å². The van der Waals surface area contributed by atoms with E-state index in [0.29, 0.717) is 28.2 Å². The SMILES string of the molecule is CS(=O)(=O)Nc1ccc(-c2cnn(C(Cc3ccccc3)c3ccc(-c4c(-n5cnnn5)ccc(Cl)c4F)c[n+]3[O-])c2)cc1. The van der Waals surface area contributed by atoms with Gasteiger partial charge < -0.3 is 5.21 Å². The number of hydrogen-bond acceptors (Lipinski definition) is 7. The van der Waals surface area contributed by atoms with Gasteiger partial charge in [0.1, 0.15) is 12.4 Å². The molecule has 0 saturated heterocycles. The number of aromatic nitrogens is 7. The Bertz CT molecular complexity index is 2040. The van der Waals surface area contributed by atoms with Gasteiger partial charge in [0, 0.05) is 29.9 Å². The Balaban J connectivity index is 1.38. The highest BCUT2D eigenvalue weighted by Crippen LogP contribution is 2.34. The number of tetrazole rings is 1. The van der Waals surface area contributed by atoms with Gasteiger partial charge in [-0.2, -0.15) is 14.5 Å². The number of anilines is 1. The Labute approximate surface area is 256 Å². The van der Waals surface area contributed by atoms with Crippen LogP contribution in [0.4, 0.5) is 10.1 Å². The van der Waals surface area contributed by atoms with E-state index in [4.69, 9.17) is 11.6 Å². The van der Waals surface area contributed by atoms with Crippen LogP contribution in [0.2, 0.25) is 5.02 Å². The number of benzene rings is 3. The molecule has 0 radical (unpaired) electrons. The fraction of sp³-hybridized carbons (Fsp3) is 0.100. The largest absolute Gasteiger partial charge is 0.618 e. The Morgan fingerprint density at radius 3 is 2.43 bits per heavy atom. The molecule has 0 aliphatic rings. The lowest BCUT2D eigenvalue weighted by molar-refractivity contribution is -0.615. The molecule has 44 heavy (non-hydrogen) atoms. The van der Waals surface area contributed by atoms with Gasteiger partial charge in [-0.3, -0.25) is 9.40 Å².